The zero-order valence-electron chi connectivity index (χ0n) is 18.3. The highest BCUT2D eigenvalue weighted by Crippen LogP contribution is 2.32. The maximum absolute atomic E-state index is 13.8. The van der Waals surface area contributed by atoms with Crippen LogP contribution in [-0.4, -0.2) is 28.0 Å². The molecule has 3 aromatic carbocycles. The topological polar surface area (TPSA) is 75.7 Å². The highest BCUT2D eigenvalue weighted by Gasteiger charge is 2.30. The molecule has 0 fully saturated rings. The van der Waals surface area contributed by atoms with E-state index in [-0.39, 0.29) is 10.6 Å². The largest absolute Gasteiger partial charge is 0.495 e. The minimum Gasteiger partial charge on any atom is -0.495 e. The van der Waals surface area contributed by atoms with Crippen molar-refractivity contribution in [3.8, 4) is 5.75 Å². The maximum atomic E-state index is 13.8. The monoisotopic (exact) mass is 516 g/mol. The Kier molecular flexibility index (Phi) is 7.26. The van der Waals surface area contributed by atoms with Gasteiger partial charge >= 0.3 is 0 Å². The van der Waals surface area contributed by atoms with Gasteiger partial charge in [0.15, 0.2) is 0 Å². The average molecular weight is 517 g/mol. The molecule has 32 heavy (non-hydrogen) atoms. The standard InChI is InChI=1S/C24H25BrN2O4S/c1-16-9-10-22(31-4)23(14-16)32(29,30)27(19-12-17(2)11-18(3)13-19)15-24(28)26-21-8-6-5-7-20(21)25/h5-14H,15H2,1-4H3,(H,26,28). The van der Waals surface area contributed by atoms with E-state index >= 15 is 0 Å². The third kappa shape index (κ3) is 5.31. The highest BCUT2D eigenvalue weighted by molar-refractivity contribution is 9.10. The Bertz CT molecular complexity index is 1240. The first kappa shape index (κ1) is 23.8. The summed E-state index contributed by atoms with van der Waals surface area (Å²) in [5.41, 5.74) is 3.52. The zero-order chi connectivity index (χ0) is 23.5. The minimum atomic E-state index is -4.11. The number of ether oxygens (including phenoxy) is 1. The molecule has 0 aliphatic heterocycles. The van der Waals surface area contributed by atoms with E-state index in [1.54, 1.807) is 55.5 Å². The van der Waals surface area contributed by atoms with Crippen LogP contribution in [0.3, 0.4) is 0 Å². The predicted molar refractivity (Wildman–Crippen MR) is 131 cm³/mol. The molecule has 1 N–H and O–H groups in total. The van der Waals surface area contributed by atoms with E-state index in [2.05, 4.69) is 21.2 Å². The molecular formula is C24H25BrN2O4S. The van der Waals surface area contributed by atoms with Gasteiger partial charge in [-0.25, -0.2) is 8.42 Å². The van der Waals surface area contributed by atoms with Crippen LogP contribution in [0.5, 0.6) is 5.75 Å². The Labute approximate surface area is 197 Å². The van der Waals surface area contributed by atoms with E-state index in [0.717, 1.165) is 21.0 Å². The molecule has 0 unspecified atom stereocenters. The lowest BCUT2D eigenvalue weighted by molar-refractivity contribution is -0.114. The van der Waals surface area contributed by atoms with Crippen LogP contribution < -0.4 is 14.4 Å². The van der Waals surface area contributed by atoms with Gasteiger partial charge in [0.1, 0.15) is 17.2 Å². The smallest absolute Gasteiger partial charge is 0.268 e. The first-order chi connectivity index (χ1) is 15.1. The SMILES string of the molecule is COc1ccc(C)cc1S(=O)(=O)N(CC(=O)Nc1ccccc1Br)c1cc(C)cc(C)c1. The molecule has 0 saturated heterocycles. The van der Waals surface area contributed by atoms with E-state index in [1.165, 1.54) is 7.11 Å². The first-order valence-electron chi connectivity index (χ1n) is 9.92. The van der Waals surface area contributed by atoms with Gasteiger partial charge in [0.25, 0.3) is 10.0 Å². The Morgan fingerprint density at radius 1 is 0.969 bits per heavy atom. The Morgan fingerprint density at radius 3 is 2.25 bits per heavy atom. The van der Waals surface area contributed by atoms with Crippen LogP contribution in [0, 0.1) is 20.8 Å². The van der Waals surface area contributed by atoms with Crippen molar-refractivity contribution in [3.63, 3.8) is 0 Å². The van der Waals surface area contributed by atoms with Crippen molar-refractivity contribution in [2.24, 2.45) is 0 Å². The molecule has 168 valence electrons. The van der Waals surface area contributed by atoms with Crippen LogP contribution >= 0.6 is 15.9 Å². The number of hydrogen-bond acceptors (Lipinski definition) is 4. The fourth-order valence-electron chi connectivity index (χ4n) is 3.40. The molecule has 1 amide bonds. The number of rotatable bonds is 7. The number of nitrogens with one attached hydrogen (secondary N) is 1. The molecule has 0 aromatic heterocycles. The van der Waals surface area contributed by atoms with Gasteiger partial charge in [0, 0.05) is 4.47 Å². The molecule has 6 nitrogen and oxygen atoms in total. The number of anilines is 2. The number of aryl methyl sites for hydroxylation is 3. The zero-order valence-corrected chi connectivity index (χ0v) is 20.7. The summed E-state index contributed by atoms with van der Waals surface area (Å²) in [6.07, 6.45) is 0. The number of carbonyl (C=O) groups excluding carboxylic acids is 1. The normalized spacial score (nSPS) is 11.2. The average Bonchev–Trinajstić information content (AvgIpc) is 2.73. The Balaban J connectivity index is 2.08. The molecule has 0 aliphatic carbocycles. The number of halogens is 1. The van der Waals surface area contributed by atoms with E-state index < -0.39 is 22.5 Å². The van der Waals surface area contributed by atoms with Gasteiger partial charge in [-0.3, -0.25) is 9.10 Å². The van der Waals surface area contributed by atoms with Gasteiger partial charge in [-0.05, 0) is 89.8 Å². The number of nitrogens with zero attached hydrogens (tertiary/aromatic N) is 1. The number of amides is 1. The molecular weight excluding hydrogens is 492 g/mol. The summed E-state index contributed by atoms with van der Waals surface area (Å²) in [5.74, 6) is -0.248. The Hall–Kier alpha value is -2.84. The van der Waals surface area contributed by atoms with Crippen molar-refractivity contribution in [2.75, 3.05) is 23.3 Å². The minimum absolute atomic E-state index is 0.00727. The van der Waals surface area contributed by atoms with Crippen molar-refractivity contribution in [1.29, 1.82) is 0 Å². The lowest BCUT2D eigenvalue weighted by atomic mass is 10.1. The lowest BCUT2D eigenvalue weighted by Crippen LogP contribution is -2.38. The molecule has 0 radical (unpaired) electrons. The van der Waals surface area contributed by atoms with Crippen molar-refractivity contribution in [3.05, 3.63) is 81.8 Å². The second-order valence-corrected chi connectivity index (χ2v) is 10.2. The van der Waals surface area contributed by atoms with Crippen molar-refractivity contribution in [1.82, 2.24) is 0 Å². The number of sulfonamides is 1. The number of benzene rings is 3. The molecule has 3 aromatic rings. The van der Waals surface area contributed by atoms with Gasteiger partial charge < -0.3 is 10.1 Å². The Morgan fingerprint density at radius 2 is 1.62 bits per heavy atom. The predicted octanol–water partition coefficient (Wildman–Crippen LogP) is 5.22. The number of hydrogen-bond donors (Lipinski definition) is 1. The lowest BCUT2D eigenvalue weighted by Gasteiger charge is -2.26. The van der Waals surface area contributed by atoms with Gasteiger partial charge in [0.2, 0.25) is 5.91 Å². The fraction of sp³-hybridized carbons (Fsp3) is 0.208. The fourth-order valence-corrected chi connectivity index (χ4v) is 5.43. The van der Waals surface area contributed by atoms with Crippen LogP contribution in [0.1, 0.15) is 16.7 Å². The second-order valence-electron chi connectivity index (χ2n) is 7.54. The summed E-state index contributed by atoms with van der Waals surface area (Å²) in [4.78, 5) is 13.0. The first-order valence-corrected chi connectivity index (χ1v) is 12.1. The van der Waals surface area contributed by atoms with Crippen LogP contribution in [0.25, 0.3) is 0 Å². The van der Waals surface area contributed by atoms with Crippen LogP contribution in [-0.2, 0) is 14.8 Å². The van der Waals surface area contributed by atoms with Crippen molar-refractivity contribution in [2.45, 2.75) is 25.7 Å². The second kappa shape index (κ2) is 9.75. The molecule has 0 atom stereocenters. The van der Waals surface area contributed by atoms with Gasteiger partial charge in [-0.1, -0.05) is 24.3 Å². The van der Waals surface area contributed by atoms with Gasteiger partial charge in [-0.15, -0.1) is 0 Å². The molecule has 0 aliphatic rings. The summed E-state index contributed by atoms with van der Waals surface area (Å²) in [7, 11) is -2.69. The summed E-state index contributed by atoms with van der Waals surface area (Å²) < 4.78 is 34.7. The maximum Gasteiger partial charge on any atom is 0.268 e. The third-order valence-electron chi connectivity index (χ3n) is 4.82. The van der Waals surface area contributed by atoms with E-state index in [9.17, 15) is 13.2 Å². The van der Waals surface area contributed by atoms with Crippen molar-refractivity contribution >= 4 is 43.2 Å². The number of carbonyl (C=O) groups is 1. The molecule has 8 heteroatoms. The van der Waals surface area contributed by atoms with Crippen LogP contribution in [0.4, 0.5) is 11.4 Å². The van der Waals surface area contributed by atoms with E-state index in [1.807, 2.05) is 26.0 Å². The summed E-state index contributed by atoms with van der Waals surface area (Å²) in [6, 6.07) is 17.5. The number of para-hydroxylation sites is 1. The summed E-state index contributed by atoms with van der Waals surface area (Å²) in [6.45, 7) is 5.17. The molecule has 0 saturated carbocycles. The van der Waals surface area contributed by atoms with Gasteiger partial charge in [-0.2, -0.15) is 0 Å². The molecule has 0 heterocycles. The van der Waals surface area contributed by atoms with Crippen LogP contribution in [0.2, 0.25) is 0 Å². The highest BCUT2D eigenvalue weighted by atomic mass is 79.9. The van der Waals surface area contributed by atoms with E-state index in [4.69, 9.17) is 4.74 Å². The molecule has 0 bridgehead atoms. The van der Waals surface area contributed by atoms with Crippen molar-refractivity contribution < 1.29 is 17.9 Å². The van der Waals surface area contributed by atoms with E-state index in [0.29, 0.717) is 15.8 Å². The molecule has 3 rings (SSSR count). The summed E-state index contributed by atoms with van der Waals surface area (Å²) >= 11 is 3.39. The number of methoxy groups -OCH3 is 1. The third-order valence-corrected chi connectivity index (χ3v) is 7.30. The van der Waals surface area contributed by atoms with Gasteiger partial charge in [0.05, 0.1) is 18.5 Å². The summed E-state index contributed by atoms with van der Waals surface area (Å²) in [5, 5.41) is 2.78. The van der Waals surface area contributed by atoms with Crippen LogP contribution in [0.15, 0.2) is 70.0 Å². The molecule has 0 spiro atoms. The quantitative estimate of drug-likeness (QED) is 0.467.